The molecule has 0 aromatic rings. The molecule has 0 nitrogen and oxygen atoms in total. The molecule has 2 heteroatoms. The van der Waals surface area contributed by atoms with E-state index in [1.165, 1.54) is 12.8 Å². The van der Waals surface area contributed by atoms with E-state index in [9.17, 15) is 0 Å². The van der Waals surface area contributed by atoms with Gasteiger partial charge in [-0.2, -0.15) is 0 Å². The number of rotatable bonds is 2. The Morgan fingerprint density at radius 3 is 1.87 bits per heavy atom. The second-order valence-corrected chi connectivity index (χ2v) is 18.7. The molecule has 1 saturated carbocycles. The maximum absolute atomic E-state index is 2.61. The van der Waals surface area contributed by atoms with Crippen LogP contribution in [0.4, 0.5) is 0 Å². The quantitative estimate of drug-likeness (QED) is 0.489. The van der Waals surface area contributed by atoms with Gasteiger partial charge < -0.3 is 0 Å². The summed E-state index contributed by atoms with van der Waals surface area (Å²) >= 11 is 0. The van der Waals surface area contributed by atoms with Crippen molar-refractivity contribution in [2.75, 3.05) is 0 Å². The summed E-state index contributed by atoms with van der Waals surface area (Å²) in [7, 11) is -2.05. The normalized spacial score (nSPS) is 33.7. The summed E-state index contributed by atoms with van der Waals surface area (Å²) < 4.78 is 0.813. The van der Waals surface area contributed by atoms with Crippen LogP contribution in [0.1, 0.15) is 12.8 Å². The summed E-state index contributed by atoms with van der Waals surface area (Å²) in [6, 6.07) is 0. The molecule has 2 rings (SSSR count). The predicted octanol–water partition coefficient (Wildman–Crippen LogP) is 4.54. The van der Waals surface area contributed by atoms with Crippen molar-refractivity contribution in [3.8, 4) is 0 Å². The summed E-state index contributed by atoms with van der Waals surface area (Å²) in [5.41, 5.74) is 0. The third kappa shape index (κ3) is 1.37. The van der Waals surface area contributed by atoms with Crippen LogP contribution in [0.2, 0.25) is 43.9 Å². The fraction of sp³-hybridized carbons (Fsp3) is 0.846. The van der Waals surface area contributed by atoms with Crippen LogP contribution >= 0.6 is 0 Å². The summed E-state index contributed by atoms with van der Waals surface area (Å²) in [5.74, 6) is 2.05. The molecule has 0 aromatic heterocycles. The van der Waals surface area contributed by atoms with Crippen LogP contribution in [0, 0.1) is 11.8 Å². The molecule has 2 unspecified atom stereocenters. The van der Waals surface area contributed by atoms with Crippen molar-refractivity contribution >= 4 is 16.1 Å². The summed E-state index contributed by atoms with van der Waals surface area (Å²) in [6.07, 6.45) is 7.85. The van der Waals surface area contributed by atoms with Gasteiger partial charge in [0.2, 0.25) is 0 Å². The lowest BCUT2D eigenvalue weighted by molar-refractivity contribution is 0.674. The Bertz CT molecular complexity index is 277. The van der Waals surface area contributed by atoms with Gasteiger partial charge in [-0.1, -0.05) is 51.4 Å². The fourth-order valence-electron chi connectivity index (χ4n) is 4.94. The Kier molecular flexibility index (Phi) is 2.41. The number of allylic oxidation sites excluding steroid dienone is 2. The molecule has 86 valence electrons. The molecule has 0 aromatic carbocycles. The van der Waals surface area contributed by atoms with Gasteiger partial charge in [0.05, 0.1) is 0 Å². The highest BCUT2D eigenvalue weighted by Gasteiger charge is 2.73. The minimum atomic E-state index is -1.03. The van der Waals surface area contributed by atoms with Crippen molar-refractivity contribution in [2.45, 2.75) is 56.8 Å². The molecule has 2 aliphatic rings. The van der Waals surface area contributed by atoms with Crippen LogP contribution in [-0.4, -0.2) is 16.1 Å². The minimum absolute atomic E-state index is 0.813. The van der Waals surface area contributed by atoms with Crippen molar-refractivity contribution in [1.82, 2.24) is 0 Å². The summed E-state index contributed by atoms with van der Waals surface area (Å²) in [6.45, 7) is 15.7. The molecule has 0 N–H and O–H groups in total. The molecule has 2 atom stereocenters. The van der Waals surface area contributed by atoms with Gasteiger partial charge in [-0.05, 0) is 29.3 Å². The monoisotopic (exact) mass is 238 g/mol. The molecule has 0 spiro atoms. The molecule has 0 saturated heterocycles. The third-order valence-corrected chi connectivity index (χ3v) is 15.8. The first-order valence-electron chi connectivity index (χ1n) is 6.39. The highest BCUT2D eigenvalue weighted by atomic mass is 28.4. The van der Waals surface area contributed by atoms with E-state index in [4.69, 9.17) is 0 Å². The van der Waals surface area contributed by atoms with Gasteiger partial charge in [0, 0.05) is 16.1 Å². The van der Waals surface area contributed by atoms with Gasteiger partial charge in [-0.25, -0.2) is 0 Å². The molecule has 0 radical (unpaired) electrons. The highest BCUT2D eigenvalue weighted by molar-refractivity contribution is 7.00. The Morgan fingerprint density at radius 2 is 1.53 bits per heavy atom. The molecule has 1 fully saturated rings. The smallest absolute Gasteiger partial charge is 0.0489 e. The second kappa shape index (κ2) is 3.10. The van der Waals surface area contributed by atoms with E-state index in [0.717, 1.165) is 16.5 Å². The lowest BCUT2D eigenvalue weighted by Gasteiger charge is -2.41. The standard InChI is InChI=1S/C13H26Si2/c1-14(2,3)13(15(4,5)6)11-9-7-8-10-12(11)13/h7,9,11-12H,8,10H2,1-6H3. The Hall–Kier alpha value is 0.174. The van der Waals surface area contributed by atoms with Gasteiger partial charge in [0.25, 0.3) is 0 Å². The highest BCUT2D eigenvalue weighted by Crippen LogP contribution is 2.77. The second-order valence-electron chi connectivity index (χ2n) is 7.51. The van der Waals surface area contributed by atoms with E-state index in [1.807, 2.05) is 0 Å². The molecular formula is C13H26Si2. The SMILES string of the molecule is C[Si](C)(C)C1([Si](C)(C)C)C2C=CCCC21. The van der Waals surface area contributed by atoms with Gasteiger partial charge in [0.1, 0.15) is 0 Å². The van der Waals surface area contributed by atoms with Crippen LogP contribution in [0.5, 0.6) is 0 Å². The van der Waals surface area contributed by atoms with Gasteiger partial charge in [0.15, 0.2) is 0 Å². The zero-order valence-corrected chi connectivity index (χ0v) is 13.2. The maximum atomic E-state index is 2.61. The van der Waals surface area contributed by atoms with Gasteiger partial charge in [-0.3, -0.25) is 0 Å². The minimum Gasteiger partial charge on any atom is -0.0882 e. The first-order valence-corrected chi connectivity index (χ1v) is 13.4. The van der Waals surface area contributed by atoms with Crippen LogP contribution in [0.3, 0.4) is 0 Å². The summed E-state index contributed by atoms with van der Waals surface area (Å²) in [4.78, 5) is 0. The van der Waals surface area contributed by atoms with Crippen LogP contribution in [0.15, 0.2) is 12.2 Å². The van der Waals surface area contributed by atoms with Crippen molar-refractivity contribution in [1.29, 1.82) is 0 Å². The average Bonchev–Trinajstić information content (AvgIpc) is 2.70. The lowest BCUT2D eigenvalue weighted by atomic mass is 10.1. The average molecular weight is 239 g/mol. The van der Waals surface area contributed by atoms with Crippen LogP contribution in [0.25, 0.3) is 0 Å². The molecule has 0 amide bonds. The van der Waals surface area contributed by atoms with E-state index >= 15 is 0 Å². The molecule has 2 aliphatic carbocycles. The fourth-order valence-corrected chi connectivity index (χ4v) is 19.2. The molecule has 0 bridgehead atoms. The van der Waals surface area contributed by atoms with Crippen molar-refractivity contribution in [2.24, 2.45) is 11.8 Å². The van der Waals surface area contributed by atoms with Crippen molar-refractivity contribution in [3.63, 3.8) is 0 Å². The summed E-state index contributed by atoms with van der Waals surface area (Å²) in [5, 5.41) is 0. The van der Waals surface area contributed by atoms with E-state index in [2.05, 4.69) is 51.4 Å². The Morgan fingerprint density at radius 1 is 1.00 bits per heavy atom. The molecule has 0 aliphatic heterocycles. The van der Waals surface area contributed by atoms with E-state index in [-0.39, 0.29) is 0 Å². The van der Waals surface area contributed by atoms with E-state index < -0.39 is 16.1 Å². The van der Waals surface area contributed by atoms with Crippen molar-refractivity contribution < 1.29 is 0 Å². The largest absolute Gasteiger partial charge is 0.0882 e. The predicted molar refractivity (Wildman–Crippen MR) is 74.7 cm³/mol. The Labute approximate surface area is 97.2 Å². The topological polar surface area (TPSA) is 0 Å². The lowest BCUT2D eigenvalue weighted by Crippen LogP contribution is -2.48. The zero-order chi connectivity index (χ0) is 11.5. The van der Waals surface area contributed by atoms with Crippen molar-refractivity contribution in [3.05, 3.63) is 12.2 Å². The zero-order valence-electron chi connectivity index (χ0n) is 11.2. The molecule has 15 heavy (non-hydrogen) atoms. The number of hydrogen-bond donors (Lipinski definition) is 0. The number of hydrogen-bond acceptors (Lipinski definition) is 0. The number of fused-ring (bicyclic) bond motifs is 1. The van der Waals surface area contributed by atoms with E-state index in [0.29, 0.717) is 0 Å². The van der Waals surface area contributed by atoms with Crippen LogP contribution in [-0.2, 0) is 0 Å². The first kappa shape index (κ1) is 11.7. The Balaban J connectivity index is 2.42. The molecule has 0 heterocycles. The third-order valence-electron chi connectivity index (χ3n) is 4.90. The first-order chi connectivity index (χ1) is 6.73. The maximum Gasteiger partial charge on any atom is 0.0489 e. The van der Waals surface area contributed by atoms with Crippen LogP contribution < -0.4 is 0 Å². The molecular weight excluding hydrogens is 212 g/mol. The van der Waals surface area contributed by atoms with Gasteiger partial charge >= 0.3 is 0 Å². The van der Waals surface area contributed by atoms with Gasteiger partial charge in [-0.15, -0.1) is 0 Å². The van der Waals surface area contributed by atoms with E-state index in [1.54, 1.807) is 0 Å².